The van der Waals surface area contributed by atoms with E-state index in [2.05, 4.69) is 25.3 Å². The van der Waals surface area contributed by atoms with Crippen LogP contribution >= 0.6 is 0 Å². The molecule has 0 aromatic carbocycles. The fourth-order valence-electron chi connectivity index (χ4n) is 1.52. The van der Waals surface area contributed by atoms with Crippen LogP contribution in [0.25, 0.3) is 0 Å². The lowest BCUT2D eigenvalue weighted by molar-refractivity contribution is 0.0939. The molecule has 1 aromatic rings. The molecule has 0 amide bonds. The van der Waals surface area contributed by atoms with Crippen molar-refractivity contribution in [1.82, 2.24) is 4.57 Å². The molecule has 0 N–H and O–H groups in total. The minimum absolute atomic E-state index is 0.0819. The monoisotopic (exact) mass is 221 g/mol. The Kier molecular flexibility index (Phi) is 3.95. The van der Waals surface area contributed by atoms with Gasteiger partial charge in [0.1, 0.15) is 0 Å². The Balaban J connectivity index is 2.62. The average molecular weight is 221 g/mol. The first kappa shape index (κ1) is 13.0. The molecule has 90 valence electrons. The molecule has 0 aliphatic carbocycles. The summed E-state index contributed by atoms with van der Waals surface area (Å²) in [6.07, 6.45) is 5.09. The molecule has 16 heavy (non-hydrogen) atoms. The zero-order chi connectivity index (χ0) is 12.3. The van der Waals surface area contributed by atoms with Crippen molar-refractivity contribution < 1.29 is 4.79 Å². The number of ketones is 1. The summed E-state index contributed by atoms with van der Waals surface area (Å²) in [5, 5.41) is 0. The van der Waals surface area contributed by atoms with Crippen molar-refractivity contribution in [3.63, 3.8) is 0 Å². The Hall–Kier alpha value is -1.05. The third kappa shape index (κ3) is 3.84. The van der Waals surface area contributed by atoms with Crippen molar-refractivity contribution >= 4 is 5.78 Å². The molecule has 0 saturated carbocycles. The van der Waals surface area contributed by atoms with Crippen LogP contribution < -0.4 is 0 Å². The molecule has 0 bridgehead atoms. The summed E-state index contributed by atoms with van der Waals surface area (Å²) in [5.41, 5.74) is 1.18. The maximum absolute atomic E-state index is 11.7. The van der Waals surface area contributed by atoms with Crippen LogP contribution in [0.4, 0.5) is 0 Å². The minimum atomic E-state index is 0.0819. The molecule has 1 rings (SSSR count). The van der Waals surface area contributed by atoms with Gasteiger partial charge in [-0.05, 0) is 17.9 Å². The van der Waals surface area contributed by atoms with Crippen LogP contribution in [0, 0.1) is 11.3 Å². The van der Waals surface area contributed by atoms with Gasteiger partial charge in [-0.1, -0.05) is 34.6 Å². The van der Waals surface area contributed by atoms with Crippen LogP contribution in [-0.4, -0.2) is 10.4 Å². The summed E-state index contributed by atoms with van der Waals surface area (Å²) in [4.78, 5) is 11.7. The second-order valence-corrected chi connectivity index (χ2v) is 5.97. The zero-order valence-electron chi connectivity index (χ0n) is 11.1. The molecule has 1 heterocycles. The number of aromatic nitrogens is 1. The number of Topliss-reactive ketones (excluding diaryl/α,β-unsaturated/α-hetero) is 1. The molecule has 0 radical (unpaired) electrons. The van der Waals surface area contributed by atoms with Crippen LogP contribution in [0.15, 0.2) is 18.5 Å². The normalized spacial score (nSPS) is 12.1. The third-order valence-electron chi connectivity index (χ3n) is 2.68. The quantitative estimate of drug-likeness (QED) is 0.709. The van der Waals surface area contributed by atoms with Gasteiger partial charge in [0.05, 0.1) is 0 Å². The van der Waals surface area contributed by atoms with E-state index in [-0.39, 0.29) is 11.7 Å². The van der Waals surface area contributed by atoms with Crippen molar-refractivity contribution in [2.24, 2.45) is 11.3 Å². The van der Waals surface area contributed by atoms with Gasteiger partial charge in [-0.25, -0.2) is 0 Å². The first-order valence-electron chi connectivity index (χ1n) is 5.99. The molecule has 0 spiro atoms. The Morgan fingerprint density at radius 3 is 2.50 bits per heavy atom. The Morgan fingerprint density at radius 1 is 1.38 bits per heavy atom. The number of aryl methyl sites for hydroxylation is 1. The first-order valence-corrected chi connectivity index (χ1v) is 5.99. The van der Waals surface area contributed by atoms with Crippen molar-refractivity contribution in [2.45, 2.75) is 47.6 Å². The van der Waals surface area contributed by atoms with E-state index >= 15 is 0 Å². The van der Waals surface area contributed by atoms with Crippen molar-refractivity contribution in [3.8, 4) is 0 Å². The minimum Gasteiger partial charge on any atom is -0.353 e. The molecule has 2 nitrogen and oxygen atoms in total. The van der Waals surface area contributed by atoms with Gasteiger partial charge in [-0.15, -0.1) is 0 Å². The van der Waals surface area contributed by atoms with Gasteiger partial charge in [-0.3, -0.25) is 4.79 Å². The molecular weight excluding hydrogens is 198 g/mol. The zero-order valence-corrected chi connectivity index (χ0v) is 11.1. The smallest absolute Gasteiger partial charge is 0.166 e. The van der Waals surface area contributed by atoms with Gasteiger partial charge in [-0.2, -0.15) is 0 Å². The van der Waals surface area contributed by atoms with Crippen LogP contribution in [-0.2, 0) is 6.54 Å². The molecule has 2 heteroatoms. The number of rotatable bonds is 4. The highest BCUT2D eigenvalue weighted by molar-refractivity contribution is 5.97. The predicted molar refractivity (Wildman–Crippen MR) is 67.7 cm³/mol. The first-order chi connectivity index (χ1) is 7.29. The van der Waals surface area contributed by atoms with Crippen LogP contribution in [0.5, 0.6) is 0 Å². The summed E-state index contributed by atoms with van der Waals surface area (Å²) in [6.45, 7) is 11.6. The summed E-state index contributed by atoms with van der Waals surface area (Å²) in [5.74, 6) is 0.313. The third-order valence-corrected chi connectivity index (χ3v) is 2.68. The highest BCUT2D eigenvalue weighted by Crippen LogP contribution is 2.20. The van der Waals surface area contributed by atoms with E-state index in [0.717, 1.165) is 18.5 Å². The highest BCUT2D eigenvalue weighted by atomic mass is 16.1. The van der Waals surface area contributed by atoms with Crippen molar-refractivity contribution in [1.29, 1.82) is 0 Å². The van der Waals surface area contributed by atoms with Gasteiger partial charge in [0, 0.05) is 30.4 Å². The van der Waals surface area contributed by atoms with Gasteiger partial charge in [0.25, 0.3) is 0 Å². The fraction of sp³-hybridized carbons (Fsp3) is 0.643. The summed E-state index contributed by atoms with van der Waals surface area (Å²) in [6, 6.07) is 1.92. The van der Waals surface area contributed by atoms with E-state index in [0.29, 0.717) is 5.41 Å². The topological polar surface area (TPSA) is 22.0 Å². The molecule has 0 aliphatic heterocycles. The number of hydrogen-bond donors (Lipinski definition) is 0. The summed E-state index contributed by atoms with van der Waals surface area (Å²) < 4.78 is 2.11. The number of carbonyl (C=O) groups excluding carboxylic acids is 1. The van der Waals surface area contributed by atoms with E-state index in [4.69, 9.17) is 0 Å². The van der Waals surface area contributed by atoms with Gasteiger partial charge in [0.2, 0.25) is 0 Å². The lowest BCUT2D eigenvalue weighted by Gasteiger charge is -2.18. The van der Waals surface area contributed by atoms with Gasteiger partial charge < -0.3 is 4.57 Å². The van der Waals surface area contributed by atoms with Crippen LogP contribution in [0.3, 0.4) is 0 Å². The predicted octanol–water partition coefficient (Wildman–Crippen LogP) is 3.76. The van der Waals surface area contributed by atoms with Crippen LogP contribution in [0.2, 0.25) is 0 Å². The fourth-order valence-corrected chi connectivity index (χ4v) is 1.52. The molecule has 0 fully saturated rings. The summed E-state index contributed by atoms with van der Waals surface area (Å²) >= 11 is 0. The van der Waals surface area contributed by atoms with E-state index in [1.807, 2.05) is 32.3 Å². The van der Waals surface area contributed by atoms with E-state index in [9.17, 15) is 4.79 Å². The van der Waals surface area contributed by atoms with Gasteiger partial charge >= 0.3 is 0 Å². The molecular formula is C14H23NO. The van der Waals surface area contributed by atoms with Crippen molar-refractivity contribution in [3.05, 3.63) is 24.0 Å². The molecule has 0 atom stereocenters. The van der Waals surface area contributed by atoms with E-state index < -0.39 is 0 Å². The van der Waals surface area contributed by atoms with E-state index in [1.165, 1.54) is 0 Å². The van der Waals surface area contributed by atoms with Crippen LogP contribution in [0.1, 0.15) is 51.4 Å². The van der Waals surface area contributed by atoms with E-state index in [1.54, 1.807) is 0 Å². The summed E-state index contributed by atoms with van der Waals surface area (Å²) in [7, 11) is 0. The SMILES string of the molecule is CC(C)C(=O)c1ccn(CCC(C)(C)C)c1. The second-order valence-electron chi connectivity index (χ2n) is 5.97. The number of hydrogen-bond acceptors (Lipinski definition) is 1. The lowest BCUT2D eigenvalue weighted by atomic mass is 9.92. The molecule has 0 aliphatic rings. The highest BCUT2D eigenvalue weighted by Gasteiger charge is 2.13. The number of nitrogens with zero attached hydrogens (tertiary/aromatic N) is 1. The lowest BCUT2D eigenvalue weighted by Crippen LogP contribution is -2.10. The number of carbonyl (C=O) groups is 1. The Morgan fingerprint density at radius 2 is 2.00 bits per heavy atom. The molecule has 0 saturated heterocycles. The largest absolute Gasteiger partial charge is 0.353 e. The Bertz CT molecular complexity index is 355. The second kappa shape index (κ2) is 4.86. The maximum atomic E-state index is 11.7. The standard InChI is InChI=1S/C14H23NO/c1-11(2)13(16)12-6-8-15(10-12)9-7-14(3,4)5/h6,8,10-11H,7,9H2,1-5H3. The van der Waals surface area contributed by atoms with Gasteiger partial charge in [0.15, 0.2) is 5.78 Å². The Labute approximate surface area is 98.7 Å². The molecule has 1 aromatic heterocycles. The van der Waals surface area contributed by atoms with Crippen molar-refractivity contribution in [2.75, 3.05) is 0 Å². The maximum Gasteiger partial charge on any atom is 0.166 e. The molecule has 0 unspecified atom stereocenters. The average Bonchev–Trinajstić information content (AvgIpc) is 2.60.